The molecule has 0 saturated heterocycles. The molecule has 0 aliphatic carbocycles. The summed E-state index contributed by atoms with van der Waals surface area (Å²) in [7, 11) is -0.511. The number of anilines is 1. The summed E-state index contributed by atoms with van der Waals surface area (Å²) in [5, 5.41) is 2.91. The van der Waals surface area contributed by atoms with Crippen LogP contribution in [0.3, 0.4) is 0 Å². The molecule has 158 valence electrons. The topological polar surface area (TPSA) is 84.9 Å². The molecular weight excluding hydrogens is 392 g/mol. The van der Waals surface area contributed by atoms with Crippen molar-refractivity contribution in [3.63, 3.8) is 0 Å². The third kappa shape index (κ3) is 5.87. The standard InChI is InChI=1S/C21H28N2O5S/c1-6-18(16-9-12-19(27-3)20(13-16)28-4)22-21(24)14-23(29(5,25)26)17-10-7-15(2)8-11-17/h7-13,18H,6,14H2,1-5H3,(H,22,24)/t18-/m0/s1. The molecule has 1 N–H and O–H groups in total. The number of carbonyl (C=O) groups excluding carboxylic acids is 1. The number of rotatable bonds is 9. The van der Waals surface area contributed by atoms with Crippen molar-refractivity contribution < 1.29 is 22.7 Å². The Morgan fingerprint density at radius 2 is 1.69 bits per heavy atom. The lowest BCUT2D eigenvalue weighted by Gasteiger charge is -2.24. The van der Waals surface area contributed by atoms with E-state index in [2.05, 4.69) is 5.32 Å². The van der Waals surface area contributed by atoms with E-state index in [1.807, 2.05) is 38.1 Å². The second kappa shape index (κ2) is 9.65. The van der Waals surface area contributed by atoms with Gasteiger partial charge in [-0.25, -0.2) is 8.42 Å². The Morgan fingerprint density at radius 1 is 1.07 bits per heavy atom. The molecular formula is C21H28N2O5S. The Balaban J connectivity index is 2.20. The van der Waals surface area contributed by atoms with E-state index >= 15 is 0 Å². The lowest BCUT2D eigenvalue weighted by molar-refractivity contribution is -0.120. The Labute approximate surface area is 172 Å². The van der Waals surface area contributed by atoms with Gasteiger partial charge in [0.25, 0.3) is 0 Å². The van der Waals surface area contributed by atoms with E-state index in [-0.39, 0.29) is 12.6 Å². The molecule has 1 amide bonds. The normalized spacial score (nSPS) is 12.2. The van der Waals surface area contributed by atoms with Gasteiger partial charge in [-0.1, -0.05) is 30.7 Å². The van der Waals surface area contributed by atoms with Gasteiger partial charge in [-0.05, 0) is 43.2 Å². The molecule has 0 radical (unpaired) electrons. The number of hydrogen-bond acceptors (Lipinski definition) is 5. The number of sulfonamides is 1. The van der Waals surface area contributed by atoms with Crippen LogP contribution < -0.4 is 19.1 Å². The molecule has 0 fully saturated rings. The monoisotopic (exact) mass is 420 g/mol. The van der Waals surface area contributed by atoms with Crippen LogP contribution in [-0.2, 0) is 14.8 Å². The quantitative estimate of drug-likeness (QED) is 0.674. The molecule has 0 aliphatic rings. The van der Waals surface area contributed by atoms with E-state index in [9.17, 15) is 13.2 Å². The maximum atomic E-state index is 12.7. The van der Waals surface area contributed by atoms with Crippen molar-refractivity contribution in [2.24, 2.45) is 0 Å². The molecule has 0 unspecified atom stereocenters. The number of amides is 1. The van der Waals surface area contributed by atoms with E-state index < -0.39 is 15.9 Å². The van der Waals surface area contributed by atoms with Gasteiger partial charge in [-0.3, -0.25) is 9.10 Å². The number of aryl methyl sites for hydroxylation is 1. The van der Waals surface area contributed by atoms with Gasteiger partial charge in [0, 0.05) is 0 Å². The van der Waals surface area contributed by atoms with Gasteiger partial charge >= 0.3 is 0 Å². The third-order valence-corrected chi connectivity index (χ3v) is 5.70. The lowest BCUT2D eigenvalue weighted by Crippen LogP contribution is -2.41. The zero-order valence-electron chi connectivity index (χ0n) is 17.4. The Kier molecular flexibility index (Phi) is 7.50. The molecule has 2 rings (SSSR count). The first-order valence-electron chi connectivity index (χ1n) is 9.25. The number of methoxy groups -OCH3 is 2. The lowest BCUT2D eigenvalue weighted by atomic mass is 10.0. The highest BCUT2D eigenvalue weighted by Gasteiger charge is 2.23. The van der Waals surface area contributed by atoms with Crippen molar-refractivity contribution in [3.8, 4) is 11.5 Å². The first-order valence-corrected chi connectivity index (χ1v) is 11.1. The fraction of sp³-hybridized carbons (Fsp3) is 0.381. The summed E-state index contributed by atoms with van der Waals surface area (Å²) in [6.45, 7) is 3.55. The SMILES string of the molecule is CC[C@H](NC(=O)CN(c1ccc(C)cc1)S(C)(=O)=O)c1ccc(OC)c(OC)c1. The molecule has 0 aliphatic heterocycles. The van der Waals surface area contributed by atoms with Crippen molar-refractivity contribution in [3.05, 3.63) is 53.6 Å². The minimum absolute atomic E-state index is 0.290. The molecule has 2 aromatic carbocycles. The number of ether oxygens (including phenoxy) is 2. The van der Waals surface area contributed by atoms with Gasteiger partial charge in [-0.2, -0.15) is 0 Å². The van der Waals surface area contributed by atoms with Crippen molar-refractivity contribution in [2.75, 3.05) is 31.3 Å². The number of nitrogens with one attached hydrogen (secondary N) is 1. The van der Waals surface area contributed by atoms with Gasteiger partial charge in [0.15, 0.2) is 11.5 Å². The summed E-state index contributed by atoms with van der Waals surface area (Å²) in [6.07, 6.45) is 1.72. The van der Waals surface area contributed by atoms with Crippen LogP contribution in [0, 0.1) is 6.92 Å². The summed E-state index contributed by atoms with van der Waals surface area (Å²) < 4.78 is 36.2. The predicted molar refractivity (Wildman–Crippen MR) is 114 cm³/mol. The Hall–Kier alpha value is -2.74. The number of nitrogens with zero attached hydrogens (tertiary/aromatic N) is 1. The average Bonchev–Trinajstić information content (AvgIpc) is 2.69. The van der Waals surface area contributed by atoms with Crippen molar-refractivity contribution in [2.45, 2.75) is 26.3 Å². The second-order valence-electron chi connectivity index (χ2n) is 6.75. The summed E-state index contributed by atoms with van der Waals surface area (Å²) in [5.74, 6) is 0.771. The number of carbonyl (C=O) groups is 1. The zero-order valence-corrected chi connectivity index (χ0v) is 18.2. The summed E-state index contributed by atoms with van der Waals surface area (Å²) >= 11 is 0. The molecule has 0 heterocycles. The van der Waals surface area contributed by atoms with E-state index in [1.54, 1.807) is 32.4 Å². The van der Waals surface area contributed by atoms with Crippen LogP contribution in [0.25, 0.3) is 0 Å². The van der Waals surface area contributed by atoms with E-state index in [4.69, 9.17) is 9.47 Å². The van der Waals surface area contributed by atoms with E-state index in [1.165, 1.54) is 0 Å². The Morgan fingerprint density at radius 3 is 2.21 bits per heavy atom. The highest BCUT2D eigenvalue weighted by atomic mass is 32.2. The Bertz CT molecular complexity index is 942. The van der Waals surface area contributed by atoms with Gasteiger partial charge in [0.1, 0.15) is 6.54 Å². The first kappa shape index (κ1) is 22.5. The molecule has 29 heavy (non-hydrogen) atoms. The molecule has 0 bridgehead atoms. The van der Waals surface area contributed by atoms with Crippen molar-refractivity contribution >= 4 is 21.6 Å². The third-order valence-electron chi connectivity index (χ3n) is 4.56. The zero-order chi connectivity index (χ0) is 21.6. The fourth-order valence-corrected chi connectivity index (χ4v) is 3.83. The second-order valence-corrected chi connectivity index (χ2v) is 8.65. The number of benzene rings is 2. The summed E-state index contributed by atoms with van der Waals surface area (Å²) in [6, 6.07) is 12.1. The van der Waals surface area contributed by atoms with Crippen LogP contribution in [0.2, 0.25) is 0 Å². The van der Waals surface area contributed by atoms with Crippen molar-refractivity contribution in [1.82, 2.24) is 5.32 Å². The van der Waals surface area contributed by atoms with Crippen LogP contribution in [0.15, 0.2) is 42.5 Å². The van der Waals surface area contributed by atoms with Gasteiger partial charge in [0.05, 0.1) is 32.2 Å². The average molecular weight is 421 g/mol. The van der Waals surface area contributed by atoms with Crippen LogP contribution >= 0.6 is 0 Å². The highest BCUT2D eigenvalue weighted by molar-refractivity contribution is 7.92. The molecule has 2 aromatic rings. The first-order chi connectivity index (χ1) is 13.7. The fourth-order valence-electron chi connectivity index (χ4n) is 2.97. The molecule has 0 saturated carbocycles. The minimum Gasteiger partial charge on any atom is -0.493 e. The van der Waals surface area contributed by atoms with Crippen LogP contribution in [0.4, 0.5) is 5.69 Å². The maximum Gasteiger partial charge on any atom is 0.241 e. The maximum absolute atomic E-state index is 12.7. The van der Waals surface area contributed by atoms with Crippen LogP contribution in [0.5, 0.6) is 11.5 Å². The van der Waals surface area contributed by atoms with Crippen LogP contribution in [0.1, 0.15) is 30.5 Å². The van der Waals surface area contributed by atoms with E-state index in [0.29, 0.717) is 23.6 Å². The molecule has 0 aromatic heterocycles. The summed E-state index contributed by atoms with van der Waals surface area (Å²) in [5.41, 5.74) is 2.30. The predicted octanol–water partition coefficient (Wildman–Crippen LogP) is 3.05. The highest BCUT2D eigenvalue weighted by Crippen LogP contribution is 2.31. The van der Waals surface area contributed by atoms with Gasteiger partial charge in [0.2, 0.25) is 15.9 Å². The summed E-state index contributed by atoms with van der Waals surface area (Å²) in [4.78, 5) is 12.7. The van der Waals surface area contributed by atoms with Crippen LogP contribution in [-0.4, -0.2) is 41.3 Å². The number of hydrogen-bond donors (Lipinski definition) is 1. The van der Waals surface area contributed by atoms with E-state index in [0.717, 1.165) is 21.7 Å². The van der Waals surface area contributed by atoms with Gasteiger partial charge in [-0.15, -0.1) is 0 Å². The largest absolute Gasteiger partial charge is 0.493 e. The van der Waals surface area contributed by atoms with Gasteiger partial charge < -0.3 is 14.8 Å². The molecule has 7 nitrogen and oxygen atoms in total. The van der Waals surface area contributed by atoms with Crippen molar-refractivity contribution in [1.29, 1.82) is 0 Å². The molecule has 0 spiro atoms. The molecule has 1 atom stereocenters. The molecule has 8 heteroatoms. The minimum atomic E-state index is -3.62. The smallest absolute Gasteiger partial charge is 0.241 e.